The third-order valence-electron chi connectivity index (χ3n) is 2.97. The van der Waals surface area contributed by atoms with Gasteiger partial charge in [-0.3, -0.25) is 0 Å². The number of hydrogen-bond donors (Lipinski definition) is 1. The number of sulfonamides is 1. The smallest absolute Gasteiger partial charge is 0.207 e. The van der Waals surface area contributed by atoms with Crippen molar-refractivity contribution in [3.63, 3.8) is 0 Å². The number of benzene rings is 1. The lowest BCUT2D eigenvalue weighted by Gasteiger charge is -2.31. The number of halogens is 4. The first-order chi connectivity index (χ1) is 9.49. The maximum atomic E-state index is 12.6. The second-order valence-electron chi connectivity index (χ2n) is 5.72. The molecule has 0 aliphatic rings. The fraction of sp³-hybridized carbons (Fsp3) is 0.538. The van der Waals surface area contributed by atoms with Crippen molar-refractivity contribution in [3.8, 4) is 0 Å². The molecular weight excluding hydrogens is 465 g/mol. The fourth-order valence-corrected chi connectivity index (χ4v) is 5.68. The largest absolute Gasteiger partial charge is 0.243 e. The number of nitrogens with one attached hydrogen (secondary N) is 1. The highest BCUT2D eigenvalue weighted by Gasteiger charge is 2.31. The normalized spacial score (nSPS) is 14.2. The van der Waals surface area contributed by atoms with Gasteiger partial charge in [-0.2, -0.15) is 0 Å². The van der Waals surface area contributed by atoms with E-state index in [1.807, 2.05) is 20.8 Å². The molecule has 0 bridgehead atoms. The first kappa shape index (κ1) is 19.7. The first-order valence-corrected chi connectivity index (χ1v) is 10.4. The van der Waals surface area contributed by atoms with Gasteiger partial charge in [0.05, 0.1) is 10.0 Å². The van der Waals surface area contributed by atoms with Gasteiger partial charge in [0.2, 0.25) is 10.0 Å². The average molecular weight is 482 g/mol. The van der Waals surface area contributed by atoms with Gasteiger partial charge in [-0.15, -0.1) is 0 Å². The standard InChI is InChI=1S/C13H17Br2Cl2NO2S/c1-13(2,3)11(4-5-14)18-21(19,20)12-9(16)6-8(15)7-10(12)17/h6-7,11,18H,4-5H2,1-3H3. The van der Waals surface area contributed by atoms with E-state index in [9.17, 15) is 8.42 Å². The molecule has 0 radical (unpaired) electrons. The Morgan fingerprint density at radius 2 is 1.71 bits per heavy atom. The minimum absolute atomic E-state index is 0.0853. The van der Waals surface area contributed by atoms with E-state index in [-0.39, 0.29) is 26.4 Å². The summed E-state index contributed by atoms with van der Waals surface area (Å²) in [6.07, 6.45) is 0.661. The number of rotatable bonds is 5. The van der Waals surface area contributed by atoms with E-state index in [2.05, 4.69) is 36.6 Å². The number of hydrogen-bond acceptors (Lipinski definition) is 2. The van der Waals surface area contributed by atoms with E-state index in [1.165, 1.54) is 12.1 Å². The average Bonchev–Trinajstić information content (AvgIpc) is 2.24. The van der Waals surface area contributed by atoms with Gasteiger partial charge in [-0.05, 0) is 24.0 Å². The van der Waals surface area contributed by atoms with Crippen LogP contribution < -0.4 is 4.72 Å². The molecular formula is C13H17Br2Cl2NO2S. The lowest BCUT2D eigenvalue weighted by atomic mass is 9.86. The first-order valence-electron chi connectivity index (χ1n) is 6.22. The highest BCUT2D eigenvalue weighted by molar-refractivity contribution is 9.10. The van der Waals surface area contributed by atoms with Gasteiger partial charge in [-0.25, -0.2) is 13.1 Å². The van der Waals surface area contributed by atoms with E-state index < -0.39 is 10.0 Å². The molecule has 21 heavy (non-hydrogen) atoms. The predicted octanol–water partition coefficient (Wildman–Crippen LogP) is 5.23. The van der Waals surface area contributed by atoms with Gasteiger partial charge in [0.15, 0.2) is 0 Å². The van der Waals surface area contributed by atoms with Crippen molar-refractivity contribution in [2.75, 3.05) is 5.33 Å². The second kappa shape index (κ2) is 7.49. The van der Waals surface area contributed by atoms with Crippen LogP contribution in [0.5, 0.6) is 0 Å². The van der Waals surface area contributed by atoms with E-state index >= 15 is 0 Å². The summed E-state index contributed by atoms with van der Waals surface area (Å²) in [5.74, 6) is 0. The summed E-state index contributed by atoms with van der Waals surface area (Å²) in [4.78, 5) is -0.0853. The van der Waals surface area contributed by atoms with Crippen molar-refractivity contribution in [1.82, 2.24) is 4.72 Å². The molecule has 1 atom stereocenters. The molecule has 1 rings (SSSR count). The molecule has 120 valence electrons. The molecule has 0 aliphatic carbocycles. The predicted molar refractivity (Wildman–Crippen MR) is 96.1 cm³/mol. The minimum atomic E-state index is -3.80. The molecule has 0 spiro atoms. The Balaban J connectivity index is 3.23. The topological polar surface area (TPSA) is 46.2 Å². The van der Waals surface area contributed by atoms with Crippen LogP contribution in [0.3, 0.4) is 0 Å². The van der Waals surface area contributed by atoms with Crippen molar-refractivity contribution in [2.24, 2.45) is 5.41 Å². The monoisotopic (exact) mass is 479 g/mol. The Labute approximate surface area is 153 Å². The highest BCUT2D eigenvalue weighted by atomic mass is 79.9. The van der Waals surface area contributed by atoms with Gasteiger partial charge in [-0.1, -0.05) is 75.8 Å². The molecule has 0 saturated carbocycles. The quantitative estimate of drug-likeness (QED) is 0.585. The van der Waals surface area contributed by atoms with Crippen LogP contribution in [0.2, 0.25) is 10.0 Å². The lowest BCUT2D eigenvalue weighted by Crippen LogP contribution is -2.44. The van der Waals surface area contributed by atoms with Crippen molar-refractivity contribution in [2.45, 2.75) is 38.1 Å². The molecule has 8 heteroatoms. The summed E-state index contributed by atoms with van der Waals surface area (Å²) in [5.41, 5.74) is -0.227. The van der Waals surface area contributed by atoms with Crippen LogP contribution in [0.25, 0.3) is 0 Å². The maximum Gasteiger partial charge on any atom is 0.243 e. The molecule has 3 nitrogen and oxygen atoms in total. The third-order valence-corrected chi connectivity index (χ3v) is 6.28. The van der Waals surface area contributed by atoms with E-state index in [4.69, 9.17) is 23.2 Å². The zero-order valence-electron chi connectivity index (χ0n) is 11.9. The summed E-state index contributed by atoms with van der Waals surface area (Å²) in [7, 11) is -3.80. The van der Waals surface area contributed by atoms with Crippen molar-refractivity contribution >= 4 is 65.1 Å². The van der Waals surface area contributed by atoms with Gasteiger partial charge < -0.3 is 0 Å². The number of alkyl halides is 1. The van der Waals surface area contributed by atoms with Crippen molar-refractivity contribution in [1.29, 1.82) is 0 Å². The molecule has 0 aliphatic heterocycles. The third kappa shape index (κ3) is 5.36. The van der Waals surface area contributed by atoms with E-state index in [0.29, 0.717) is 16.2 Å². The molecule has 1 unspecified atom stereocenters. The van der Waals surface area contributed by atoms with Gasteiger partial charge in [0, 0.05) is 15.8 Å². The summed E-state index contributed by atoms with van der Waals surface area (Å²) in [6.45, 7) is 5.94. The SMILES string of the molecule is CC(C)(C)C(CCBr)NS(=O)(=O)c1c(Cl)cc(Br)cc1Cl. The summed E-state index contributed by atoms with van der Waals surface area (Å²) in [6, 6.07) is 2.79. The molecule has 1 aromatic rings. The van der Waals surface area contributed by atoms with Crippen LogP contribution in [0.1, 0.15) is 27.2 Å². The van der Waals surface area contributed by atoms with Crippen LogP contribution in [-0.2, 0) is 10.0 Å². The van der Waals surface area contributed by atoms with Crippen LogP contribution in [-0.4, -0.2) is 19.8 Å². The second-order valence-corrected chi connectivity index (χ2v) is 9.89. The summed E-state index contributed by atoms with van der Waals surface area (Å²) >= 11 is 18.7. The van der Waals surface area contributed by atoms with Crippen molar-refractivity contribution in [3.05, 3.63) is 26.7 Å². The van der Waals surface area contributed by atoms with E-state index in [1.54, 1.807) is 0 Å². The molecule has 0 fully saturated rings. The summed E-state index contributed by atoms with van der Waals surface area (Å²) in [5, 5.41) is 0.876. The van der Waals surface area contributed by atoms with Crippen LogP contribution in [0.15, 0.2) is 21.5 Å². The van der Waals surface area contributed by atoms with Crippen molar-refractivity contribution < 1.29 is 8.42 Å². The Morgan fingerprint density at radius 1 is 1.24 bits per heavy atom. The van der Waals surface area contributed by atoms with Crippen LogP contribution in [0.4, 0.5) is 0 Å². The van der Waals surface area contributed by atoms with Gasteiger partial charge in [0.1, 0.15) is 4.90 Å². The Bertz CT molecular complexity index is 592. The highest BCUT2D eigenvalue weighted by Crippen LogP contribution is 2.34. The molecule has 0 aromatic heterocycles. The fourth-order valence-electron chi connectivity index (χ4n) is 1.81. The lowest BCUT2D eigenvalue weighted by molar-refractivity contribution is 0.293. The van der Waals surface area contributed by atoms with Crippen LogP contribution >= 0.6 is 55.1 Å². The Hall–Kier alpha value is 0.670. The molecule has 1 aromatic carbocycles. The maximum absolute atomic E-state index is 12.6. The van der Waals surface area contributed by atoms with Gasteiger partial charge in [0.25, 0.3) is 0 Å². The molecule has 0 heterocycles. The zero-order valence-corrected chi connectivity index (χ0v) is 17.4. The molecule has 0 amide bonds. The Morgan fingerprint density at radius 3 is 2.10 bits per heavy atom. The Kier molecular flexibility index (Phi) is 7.03. The summed E-state index contributed by atoms with van der Waals surface area (Å²) < 4.78 is 28.6. The zero-order chi connectivity index (χ0) is 16.4. The van der Waals surface area contributed by atoms with Crippen LogP contribution in [0, 0.1) is 5.41 Å². The molecule has 1 N–H and O–H groups in total. The molecule has 0 saturated heterocycles. The minimum Gasteiger partial charge on any atom is -0.207 e. The van der Waals surface area contributed by atoms with E-state index in [0.717, 1.165) is 0 Å². The van der Waals surface area contributed by atoms with Gasteiger partial charge >= 0.3 is 0 Å².